The molecule has 1 fully saturated rings. The Balaban J connectivity index is 2.20. The number of aliphatic carboxylic acids is 1. The lowest BCUT2D eigenvalue weighted by molar-refractivity contribution is -0.138. The van der Waals surface area contributed by atoms with Crippen LogP contribution in [0.1, 0.15) is 37.4 Å². The molecule has 0 aromatic carbocycles. The van der Waals surface area contributed by atoms with Gasteiger partial charge in [-0.25, -0.2) is 0 Å². The molecule has 1 aliphatic heterocycles. The maximum atomic E-state index is 11.0. The standard InChI is InChI=1S/C11H16N2O3/c1-8(11(14)15)10-2-5-12-13(10)9-3-6-16-7-4-9/h2,5,8-9H,3-4,6-7H2,1H3,(H,14,15). The van der Waals surface area contributed by atoms with Crippen LogP contribution in [-0.2, 0) is 9.53 Å². The van der Waals surface area contributed by atoms with Crippen LogP contribution in [-0.4, -0.2) is 34.1 Å². The van der Waals surface area contributed by atoms with E-state index in [9.17, 15) is 4.79 Å². The van der Waals surface area contributed by atoms with Crippen LogP contribution in [0.25, 0.3) is 0 Å². The van der Waals surface area contributed by atoms with Crippen LogP contribution >= 0.6 is 0 Å². The van der Waals surface area contributed by atoms with Crippen LogP contribution in [0.5, 0.6) is 0 Å². The van der Waals surface area contributed by atoms with E-state index in [1.54, 1.807) is 19.2 Å². The Hall–Kier alpha value is -1.36. The number of carboxylic acid groups (broad SMARTS) is 1. The molecule has 0 amide bonds. The number of carbonyl (C=O) groups is 1. The highest BCUT2D eigenvalue weighted by Gasteiger charge is 2.23. The molecule has 1 unspecified atom stereocenters. The fourth-order valence-corrected chi connectivity index (χ4v) is 2.03. The fourth-order valence-electron chi connectivity index (χ4n) is 2.03. The predicted molar refractivity (Wildman–Crippen MR) is 57.4 cm³/mol. The van der Waals surface area contributed by atoms with E-state index in [1.165, 1.54) is 0 Å². The summed E-state index contributed by atoms with van der Waals surface area (Å²) in [6, 6.07) is 2.06. The average molecular weight is 224 g/mol. The van der Waals surface area contributed by atoms with Gasteiger partial charge >= 0.3 is 5.97 Å². The van der Waals surface area contributed by atoms with Crippen molar-refractivity contribution in [1.29, 1.82) is 0 Å². The van der Waals surface area contributed by atoms with E-state index in [2.05, 4.69) is 5.10 Å². The van der Waals surface area contributed by atoms with Gasteiger partial charge in [0.1, 0.15) is 0 Å². The molecule has 0 bridgehead atoms. The molecule has 1 aromatic heterocycles. The lowest BCUT2D eigenvalue weighted by Gasteiger charge is -2.25. The zero-order valence-electron chi connectivity index (χ0n) is 9.30. The molecule has 5 nitrogen and oxygen atoms in total. The number of nitrogens with zero attached hydrogens (tertiary/aromatic N) is 2. The summed E-state index contributed by atoms with van der Waals surface area (Å²) in [7, 11) is 0. The van der Waals surface area contributed by atoms with Crippen LogP contribution in [0.4, 0.5) is 0 Å². The second kappa shape index (κ2) is 4.65. The molecule has 1 N–H and O–H groups in total. The third-order valence-electron chi connectivity index (χ3n) is 3.05. The third-order valence-corrected chi connectivity index (χ3v) is 3.05. The minimum absolute atomic E-state index is 0.278. The van der Waals surface area contributed by atoms with Gasteiger partial charge in [0.25, 0.3) is 0 Å². The van der Waals surface area contributed by atoms with Crippen molar-refractivity contribution in [2.75, 3.05) is 13.2 Å². The van der Waals surface area contributed by atoms with E-state index in [0.717, 1.165) is 31.7 Å². The van der Waals surface area contributed by atoms with Gasteiger partial charge in [-0.2, -0.15) is 5.10 Å². The van der Waals surface area contributed by atoms with Gasteiger partial charge in [-0.3, -0.25) is 9.48 Å². The van der Waals surface area contributed by atoms with Gasteiger partial charge < -0.3 is 9.84 Å². The average Bonchev–Trinajstić information content (AvgIpc) is 2.77. The SMILES string of the molecule is CC(C(=O)O)c1ccnn1C1CCOCC1. The molecule has 1 saturated heterocycles. The zero-order valence-corrected chi connectivity index (χ0v) is 9.30. The van der Waals surface area contributed by atoms with Gasteiger partial charge in [0.15, 0.2) is 0 Å². The van der Waals surface area contributed by atoms with Crippen LogP contribution in [0.15, 0.2) is 12.3 Å². The number of ether oxygens (including phenoxy) is 1. The van der Waals surface area contributed by atoms with Gasteiger partial charge in [-0.15, -0.1) is 0 Å². The molecular weight excluding hydrogens is 208 g/mol. The Morgan fingerprint density at radius 2 is 2.31 bits per heavy atom. The highest BCUT2D eigenvalue weighted by atomic mass is 16.5. The van der Waals surface area contributed by atoms with Crippen molar-refractivity contribution < 1.29 is 14.6 Å². The summed E-state index contributed by atoms with van der Waals surface area (Å²) in [6.45, 7) is 3.14. The van der Waals surface area contributed by atoms with Crippen LogP contribution in [0.3, 0.4) is 0 Å². The van der Waals surface area contributed by atoms with Gasteiger partial charge in [0, 0.05) is 19.4 Å². The molecule has 88 valence electrons. The van der Waals surface area contributed by atoms with E-state index in [0.29, 0.717) is 0 Å². The van der Waals surface area contributed by atoms with E-state index >= 15 is 0 Å². The number of carboxylic acids is 1. The summed E-state index contributed by atoms with van der Waals surface area (Å²) in [5.41, 5.74) is 0.777. The maximum Gasteiger partial charge on any atom is 0.312 e. The molecule has 5 heteroatoms. The molecule has 1 aliphatic rings. The smallest absolute Gasteiger partial charge is 0.312 e. The molecule has 0 spiro atoms. The van der Waals surface area contributed by atoms with Gasteiger partial charge in [0.05, 0.1) is 17.7 Å². The predicted octanol–water partition coefficient (Wildman–Crippen LogP) is 1.42. The molecule has 16 heavy (non-hydrogen) atoms. The topological polar surface area (TPSA) is 64.3 Å². The highest BCUT2D eigenvalue weighted by molar-refractivity contribution is 5.74. The summed E-state index contributed by atoms with van der Waals surface area (Å²) < 4.78 is 7.14. The highest BCUT2D eigenvalue weighted by Crippen LogP contribution is 2.25. The second-order valence-electron chi connectivity index (χ2n) is 4.10. The Morgan fingerprint density at radius 1 is 1.62 bits per heavy atom. The Bertz CT molecular complexity index is 369. The maximum absolute atomic E-state index is 11.0. The Kier molecular flexibility index (Phi) is 3.24. The Morgan fingerprint density at radius 3 is 2.94 bits per heavy atom. The van der Waals surface area contributed by atoms with Gasteiger partial charge in [-0.1, -0.05) is 0 Å². The molecule has 0 aliphatic carbocycles. The third kappa shape index (κ3) is 2.09. The monoisotopic (exact) mass is 224 g/mol. The minimum Gasteiger partial charge on any atom is -0.481 e. The van der Waals surface area contributed by atoms with Crippen LogP contribution < -0.4 is 0 Å². The van der Waals surface area contributed by atoms with Crippen LogP contribution in [0, 0.1) is 0 Å². The minimum atomic E-state index is -0.811. The first kappa shape index (κ1) is 11.1. The fraction of sp³-hybridized carbons (Fsp3) is 0.636. The van der Waals surface area contributed by atoms with E-state index < -0.39 is 11.9 Å². The lowest BCUT2D eigenvalue weighted by Crippen LogP contribution is -2.24. The van der Waals surface area contributed by atoms with Crippen LogP contribution in [0.2, 0.25) is 0 Å². The van der Waals surface area contributed by atoms with Crippen molar-refractivity contribution in [3.63, 3.8) is 0 Å². The second-order valence-corrected chi connectivity index (χ2v) is 4.10. The summed E-state index contributed by atoms with van der Waals surface area (Å²) in [5, 5.41) is 13.3. The molecule has 1 aromatic rings. The van der Waals surface area contributed by atoms with Gasteiger partial charge in [0.2, 0.25) is 0 Å². The largest absolute Gasteiger partial charge is 0.481 e. The van der Waals surface area contributed by atoms with Gasteiger partial charge in [-0.05, 0) is 25.8 Å². The number of hydrogen-bond acceptors (Lipinski definition) is 3. The first-order chi connectivity index (χ1) is 7.70. The summed E-state index contributed by atoms with van der Waals surface area (Å²) in [4.78, 5) is 11.0. The molecule has 0 saturated carbocycles. The first-order valence-electron chi connectivity index (χ1n) is 5.54. The van der Waals surface area contributed by atoms with Crippen molar-refractivity contribution in [2.45, 2.75) is 31.7 Å². The summed E-state index contributed by atoms with van der Waals surface area (Å²) in [5.74, 6) is -1.32. The molecule has 2 heterocycles. The van der Waals surface area contributed by atoms with E-state index in [1.807, 2.05) is 4.68 Å². The van der Waals surface area contributed by atoms with E-state index in [4.69, 9.17) is 9.84 Å². The van der Waals surface area contributed by atoms with Crippen molar-refractivity contribution in [2.24, 2.45) is 0 Å². The summed E-state index contributed by atoms with van der Waals surface area (Å²) >= 11 is 0. The Labute approximate surface area is 94.0 Å². The van der Waals surface area contributed by atoms with Crippen molar-refractivity contribution >= 4 is 5.97 Å². The molecule has 0 radical (unpaired) electrons. The molecule has 2 rings (SSSR count). The number of hydrogen-bond donors (Lipinski definition) is 1. The normalized spacial score (nSPS) is 19.6. The van der Waals surface area contributed by atoms with Crippen molar-refractivity contribution in [3.8, 4) is 0 Å². The first-order valence-corrected chi connectivity index (χ1v) is 5.54. The lowest BCUT2D eigenvalue weighted by atomic mass is 10.1. The van der Waals surface area contributed by atoms with Crippen molar-refractivity contribution in [3.05, 3.63) is 18.0 Å². The molecular formula is C11H16N2O3. The van der Waals surface area contributed by atoms with Crippen molar-refractivity contribution in [1.82, 2.24) is 9.78 Å². The summed E-state index contributed by atoms with van der Waals surface area (Å²) in [6.07, 6.45) is 3.48. The number of rotatable bonds is 3. The zero-order chi connectivity index (χ0) is 11.5. The molecule has 1 atom stereocenters. The number of aromatic nitrogens is 2. The van der Waals surface area contributed by atoms with E-state index in [-0.39, 0.29) is 6.04 Å². The quantitative estimate of drug-likeness (QED) is 0.843.